The number of aryl methyl sites for hydroxylation is 1. The second-order valence-electron chi connectivity index (χ2n) is 4.94. The average molecular weight is 270 g/mol. The quantitative estimate of drug-likeness (QED) is 0.845. The van der Waals surface area contributed by atoms with Gasteiger partial charge >= 0.3 is 0 Å². The van der Waals surface area contributed by atoms with E-state index in [0.717, 1.165) is 30.0 Å². The van der Waals surface area contributed by atoms with Crippen LogP contribution in [0.25, 0.3) is 0 Å². The maximum absolute atomic E-state index is 6.06. The first-order chi connectivity index (χ1) is 9.63. The Kier molecular flexibility index (Phi) is 4.51. The van der Waals surface area contributed by atoms with Gasteiger partial charge in [0.2, 0.25) is 0 Å². The summed E-state index contributed by atoms with van der Waals surface area (Å²) < 4.78 is 5.17. The molecule has 3 nitrogen and oxygen atoms in total. The first kappa shape index (κ1) is 14.3. The molecule has 0 aliphatic carbocycles. The SMILES string of the molecule is CCc1ccc(N(C)Cc2ccc(OC)cc2N)cc1. The smallest absolute Gasteiger partial charge is 0.120 e. The van der Waals surface area contributed by atoms with Gasteiger partial charge in [-0.2, -0.15) is 0 Å². The molecule has 2 N–H and O–H groups in total. The summed E-state index contributed by atoms with van der Waals surface area (Å²) in [5, 5.41) is 0. The Hall–Kier alpha value is -2.16. The fourth-order valence-corrected chi connectivity index (χ4v) is 2.18. The molecule has 0 atom stereocenters. The molecule has 2 aromatic rings. The van der Waals surface area contributed by atoms with Crippen LogP contribution in [0, 0.1) is 0 Å². The monoisotopic (exact) mass is 270 g/mol. The zero-order chi connectivity index (χ0) is 14.5. The molecule has 106 valence electrons. The highest BCUT2D eigenvalue weighted by Gasteiger charge is 2.06. The lowest BCUT2D eigenvalue weighted by molar-refractivity contribution is 0.415. The molecule has 0 fully saturated rings. The van der Waals surface area contributed by atoms with Crippen molar-refractivity contribution in [2.75, 3.05) is 24.8 Å². The molecule has 20 heavy (non-hydrogen) atoms. The van der Waals surface area contributed by atoms with Gasteiger partial charge in [0.05, 0.1) is 7.11 Å². The van der Waals surface area contributed by atoms with Crippen LogP contribution in [0.3, 0.4) is 0 Å². The number of benzene rings is 2. The second kappa shape index (κ2) is 6.33. The van der Waals surface area contributed by atoms with Gasteiger partial charge in [-0.05, 0) is 35.7 Å². The number of rotatable bonds is 5. The van der Waals surface area contributed by atoms with Crippen molar-refractivity contribution in [2.24, 2.45) is 0 Å². The summed E-state index contributed by atoms with van der Waals surface area (Å²) in [6.07, 6.45) is 1.06. The minimum atomic E-state index is 0.765. The lowest BCUT2D eigenvalue weighted by Gasteiger charge is -2.21. The zero-order valence-corrected chi connectivity index (χ0v) is 12.4. The number of nitrogen functional groups attached to an aromatic ring is 1. The van der Waals surface area contributed by atoms with Crippen LogP contribution < -0.4 is 15.4 Å². The van der Waals surface area contributed by atoms with Gasteiger partial charge in [-0.15, -0.1) is 0 Å². The Morgan fingerprint density at radius 3 is 2.35 bits per heavy atom. The van der Waals surface area contributed by atoms with Gasteiger partial charge in [0, 0.05) is 31.0 Å². The van der Waals surface area contributed by atoms with Crippen LogP contribution in [0.15, 0.2) is 42.5 Å². The third-order valence-electron chi connectivity index (χ3n) is 3.55. The first-order valence-corrected chi connectivity index (χ1v) is 6.86. The maximum atomic E-state index is 6.06. The Morgan fingerprint density at radius 2 is 1.80 bits per heavy atom. The molecule has 2 rings (SSSR count). The highest BCUT2D eigenvalue weighted by molar-refractivity contribution is 5.54. The van der Waals surface area contributed by atoms with Crippen LogP contribution in [0.5, 0.6) is 5.75 Å². The van der Waals surface area contributed by atoms with E-state index in [-0.39, 0.29) is 0 Å². The summed E-state index contributed by atoms with van der Waals surface area (Å²) >= 11 is 0. The van der Waals surface area contributed by atoms with E-state index in [2.05, 4.69) is 43.1 Å². The Bertz CT molecular complexity index is 564. The summed E-state index contributed by atoms with van der Waals surface area (Å²) in [5.74, 6) is 0.793. The first-order valence-electron chi connectivity index (χ1n) is 6.86. The average Bonchev–Trinajstić information content (AvgIpc) is 2.49. The van der Waals surface area contributed by atoms with Crippen molar-refractivity contribution < 1.29 is 4.74 Å². The number of nitrogens with two attached hydrogens (primary N) is 1. The fourth-order valence-electron chi connectivity index (χ4n) is 2.18. The molecule has 0 amide bonds. The summed E-state index contributed by atoms with van der Waals surface area (Å²) in [6.45, 7) is 2.94. The van der Waals surface area contributed by atoms with E-state index in [4.69, 9.17) is 10.5 Å². The molecular weight excluding hydrogens is 248 g/mol. The molecule has 0 bridgehead atoms. The maximum Gasteiger partial charge on any atom is 0.120 e. The number of hydrogen-bond acceptors (Lipinski definition) is 3. The minimum absolute atomic E-state index is 0.765. The number of ether oxygens (including phenoxy) is 1. The lowest BCUT2D eigenvalue weighted by atomic mass is 10.1. The Labute approximate surface area is 121 Å². The Morgan fingerprint density at radius 1 is 1.10 bits per heavy atom. The molecule has 0 saturated carbocycles. The van der Waals surface area contributed by atoms with Gasteiger partial charge in [0.1, 0.15) is 5.75 Å². The molecule has 0 unspecified atom stereocenters. The van der Waals surface area contributed by atoms with Crippen LogP contribution in [-0.2, 0) is 13.0 Å². The lowest BCUT2D eigenvalue weighted by Crippen LogP contribution is -2.17. The van der Waals surface area contributed by atoms with Gasteiger partial charge in [-0.25, -0.2) is 0 Å². The predicted octanol–water partition coefficient (Wildman–Crippen LogP) is 3.48. The van der Waals surface area contributed by atoms with Crippen molar-refractivity contribution in [1.29, 1.82) is 0 Å². The van der Waals surface area contributed by atoms with E-state index in [9.17, 15) is 0 Å². The molecule has 0 aromatic heterocycles. The van der Waals surface area contributed by atoms with E-state index in [0.29, 0.717) is 0 Å². The van der Waals surface area contributed by atoms with Crippen LogP contribution in [0.4, 0.5) is 11.4 Å². The summed E-state index contributed by atoms with van der Waals surface area (Å²) in [7, 11) is 3.72. The van der Waals surface area contributed by atoms with Crippen LogP contribution in [-0.4, -0.2) is 14.2 Å². The van der Waals surface area contributed by atoms with E-state index < -0.39 is 0 Å². The second-order valence-corrected chi connectivity index (χ2v) is 4.94. The molecule has 0 saturated heterocycles. The van der Waals surface area contributed by atoms with E-state index in [1.54, 1.807) is 7.11 Å². The van der Waals surface area contributed by atoms with Crippen LogP contribution >= 0.6 is 0 Å². The Balaban J connectivity index is 2.12. The minimum Gasteiger partial charge on any atom is -0.497 e. The fraction of sp³-hybridized carbons (Fsp3) is 0.294. The third-order valence-corrected chi connectivity index (χ3v) is 3.55. The highest BCUT2D eigenvalue weighted by Crippen LogP contribution is 2.23. The normalized spacial score (nSPS) is 10.3. The molecule has 0 aliphatic rings. The van der Waals surface area contributed by atoms with Crippen molar-refractivity contribution in [1.82, 2.24) is 0 Å². The number of anilines is 2. The van der Waals surface area contributed by atoms with Crippen molar-refractivity contribution in [2.45, 2.75) is 19.9 Å². The van der Waals surface area contributed by atoms with E-state index in [1.165, 1.54) is 11.3 Å². The van der Waals surface area contributed by atoms with Crippen molar-refractivity contribution >= 4 is 11.4 Å². The third kappa shape index (κ3) is 3.23. The topological polar surface area (TPSA) is 38.5 Å². The van der Waals surface area contributed by atoms with Gasteiger partial charge in [0.25, 0.3) is 0 Å². The van der Waals surface area contributed by atoms with Crippen molar-refractivity contribution in [3.8, 4) is 5.75 Å². The molecule has 2 aromatic carbocycles. The molecule has 0 spiro atoms. The summed E-state index contributed by atoms with van der Waals surface area (Å²) in [4.78, 5) is 2.19. The molecular formula is C17H22N2O. The molecule has 3 heteroatoms. The van der Waals surface area contributed by atoms with Crippen LogP contribution in [0.1, 0.15) is 18.1 Å². The van der Waals surface area contributed by atoms with E-state index in [1.807, 2.05) is 18.2 Å². The van der Waals surface area contributed by atoms with E-state index >= 15 is 0 Å². The van der Waals surface area contributed by atoms with Gasteiger partial charge in [-0.3, -0.25) is 0 Å². The number of nitrogens with zero attached hydrogens (tertiary/aromatic N) is 1. The van der Waals surface area contributed by atoms with Crippen molar-refractivity contribution in [3.63, 3.8) is 0 Å². The van der Waals surface area contributed by atoms with Crippen molar-refractivity contribution in [3.05, 3.63) is 53.6 Å². The van der Waals surface area contributed by atoms with Crippen LogP contribution in [0.2, 0.25) is 0 Å². The molecule has 0 radical (unpaired) electrons. The predicted molar refractivity (Wildman–Crippen MR) is 85.3 cm³/mol. The summed E-state index contributed by atoms with van der Waals surface area (Å²) in [5.41, 5.74) is 10.5. The van der Waals surface area contributed by atoms with Gasteiger partial charge < -0.3 is 15.4 Å². The zero-order valence-electron chi connectivity index (χ0n) is 12.4. The van der Waals surface area contributed by atoms with Gasteiger partial charge in [0.15, 0.2) is 0 Å². The highest BCUT2D eigenvalue weighted by atomic mass is 16.5. The number of hydrogen-bond donors (Lipinski definition) is 1. The largest absolute Gasteiger partial charge is 0.497 e. The molecule has 0 heterocycles. The van der Waals surface area contributed by atoms with Gasteiger partial charge in [-0.1, -0.05) is 25.1 Å². The molecule has 0 aliphatic heterocycles. The number of methoxy groups -OCH3 is 1. The standard InChI is InChI=1S/C17H22N2O/c1-4-13-5-8-15(9-6-13)19(2)12-14-7-10-16(20-3)11-17(14)18/h5-11H,4,12,18H2,1-3H3. The summed E-state index contributed by atoms with van der Waals surface area (Å²) in [6, 6.07) is 14.5.